The van der Waals surface area contributed by atoms with Crippen molar-refractivity contribution >= 4 is 23.7 Å². The number of carbonyl (C=O) groups is 2. The van der Waals surface area contributed by atoms with Crippen molar-refractivity contribution in [2.24, 2.45) is 0 Å². The molecule has 0 unspecified atom stereocenters. The average molecular weight is 354 g/mol. The Bertz CT molecular complexity index is 572. The minimum absolute atomic E-state index is 0.150. The molecule has 1 saturated heterocycles. The highest BCUT2D eigenvalue weighted by atomic mass is 35.5. The van der Waals surface area contributed by atoms with Crippen LogP contribution in [0.3, 0.4) is 0 Å². The third-order valence-corrected chi connectivity index (χ3v) is 3.91. The summed E-state index contributed by atoms with van der Waals surface area (Å²) in [6, 6.07) is 7.14. The van der Waals surface area contributed by atoms with Gasteiger partial charge >= 0.3 is 12.1 Å². The molecule has 1 aromatic rings. The number of rotatable bonds is 3. The molecule has 1 aliphatic heterocycles. The Morgan fingerprint density at radius 1 is 1.17 bits per heavy atom. The first-order valence-electron chi connectivity index (χ1n) is 8.15. The van der Waals surface area contributed by atoms with Crippen molar-refractivity contribution in [1.29, 1.82) is 0 Å². The van der Waals surface area contributed by atoms with Gasteiger partial charge in [-0.15, -0.1) is 0 Å². The second kappa shape index (κ2) is 7.88. The van der Waals surface area contributed by atoms with Gasteiger partial charge in [0.1, 0.15) is 11.7 Å². The summed E-state index contributed by atoms with van der Waals surface area (Å²) in [6.45, 7) is 6.60. The Labute approximate surface area is 147 Å². The molecule has 1 aromatic carbocycles. The predicted molar refractivity (Wildman–Crippen MR) is 92.1 cm³/mol. The second-order valence-electron chi connectivity index (χ2n) is 6.96. The maximum atomic E-state index is 12.0. The van der Waals surface area contributed by atoms with Crippen LogP contribution >= 0.6 is 11.6 Å². The number of hydrogen-bond donors (Lipinski definition) is 0. The molecule has 0 bridgehead atoms. The van der Waals surface area contributed by atoms with Gasteiger partial charge in [0.15, 0.2) is 0 Å². The van der Waals surface area contributed by atoms with Gasteiger partial charge in [0.25, 0.3) is 0 Å². The molecule has 1 amide bonds. The standard InChI is InChI=1S/C18H24ClNO4/c1-18(2,3)24-17(22)20-10-8-15(9-11-20)23-16(21)12-13-4-6-14(19)7-5-13/h4-7,15H,8-12H2,1-3H3. The van der Waals surface area contributed by atoms with Crippen molar-refractivity contribution in [3.63, 3.8) is 0 Å². The van der Waals surface area contributed by atoms with Gasteiger partial charge < -0.3 is 14.4 Å². The molecule has 0 N–H and O–H groups in total. The molecule has 1 aliphatic rings. The fraction of sp³-hybridized carbons (Fsp3) is 0.556. The number of piperidine rings is 1. The van der Waals surface area contributed by atoms with Crippen molar-refractivity contribution in [1.82, 2.24) is 4.90 Å². The summed E-state index contributed by atoms with van der Waals surface area (Å²) in [4.78, 5) is 25.7. The van der Waals surface area contributed by atoms with Gasteiger partial charge in [0, 0.05) is 31.0 Å². The molecule has 0 aliphatic carbocycles. The first-order chi connectivity index (χ1) is 11.2. The van der Waals surface area contributed by atoms with E-state index in [2.05, 4.69) is 0 Å². The molecule has 2 rings (SSSR count). The number of amides is 1. The number of ether oxygens (including phenoxy) is 2. The van der Waals surface area contributed by atoms with E-state index < -0.39 is 5.60 Å². The number of hydrogen-bond acceptors (Lipinski definition) is 4. The Morgan fingerprint density at radius 3 is 2.29 bits per heavy atom. The van der Waals surface area contributed by atoms with Gasteiger partial charge in [-0.1, -0.05) is 23.7 Å². The molecule has 0 radical (unpaired) electrons. The number of likely N-dealkylation sites (tertiary alicyclic amines) is 1. The molecule has 0 aromatic heterocycles. The lowest BCUT2D eigenvalue weighted by Gasteiger charge is -2.33. The van der Waals surface area contributed by atoms with E-state index in [9.17, 15) is 9.59 Å². The third kappa shape index (κ3) is 6.04. The SMILES string of the molecule is CC(C)(C)OC(=O)N1CCC(OC(=O)Cc2ccc(Cl)cc2)CC1. The molecule has 0 saturated carbocycles. The quantitative estimate of drug-likeness (QED) is 0.775. The van der Waals surface area contributed by atoms with E-state index >= 15 is 0 Å². The minimum Gasteiger partial charge on any atom is -0.462 e. The van der Waals surface area contributed by atoms with Crippen LogP contribution in [0.1, 0.15) is 39.2 Å². The van der Waals surface area contributed by atoms with Gasteiger partial charge in [-0.2, -0.15) is 0 Å². The first kappa shape index (κ1) is 18.6. The lowest BCUT2D eigenvalue weighted by molar-refractivity contribution is -0.150. The largest absolute Gasteiger partial charge is 0.462 e. The summed E-state index contributed by atoms with van der Waals surface area (Å²) in [7, 11) is 0. The Hall–Kier alpha value is -1.75. The van der Waals surface area contributed by atoms with Crippen LogP contribution in [0.2, 0.25) is 5.02 Å². The van der Waals surface area contributed by atoms with Crippen molar-refractivity contribution in [3.05, 3.63) is 34.9 Å². The van der Waals surface area contributed by atoms with Crippen molar-refractivity contribution in [2.75, 3.05) is 13.1 Å². The normalized spacial score (nSPS) is 15.9. The lowest BCUT2D eigenvalue weighted by atomic mass is 10.1. The highest BCUT2D eigenvalue weighted by molar-refractivity contribution is 6.30. The number of esters is 1. The molecular formula is C18H24ClNO4. The van der Waals surface area contributed by atoms with Crippen LogP contribution in [0.5, 0.6) is 0 Å². The third-order valence-electron chi connectivity index (χ3n) is 3.65. The lowest BCUT2D eigenvalue weighted by Crippen LogP contribution is -2.43. The Morgan fingerprint density at radius 2 is 1.75 bits per heavy atom. The first-order valence-corrected chi connectivity index (χ1v) is 8.52. The summed E-state index contributed by atoms with van der Waals surface area (Å²) < 4.78 is 10.9. The molecule has 6 heteroatoms. The van der Waals surface area contributed by atoms with E-state index in [1.54, 1.807) is 17.0 Å². The molecule has 0 spiro atoms. The van der Waals surface area contributed by atoms with E-state index in [0.29, 0.717) is 31.0 Å². The smallest absolute Gasteiger partial charge is 0.410 e. The van der Waals surface area contributed by atoms with Gasteiger partial charge in [-0.25, -0.2) is 4.79 Å². The van der Waals surface area contributed by atoms with Gasteiger partial charge in [-0.3, -0.25) is 4.79 Å². The highest BCUT2D eigenvalue weighted by Gasteiger charge is 2.28. The molecule has 24 heavy (non-hydrogen) atoms. The van der Waals surface area contributed by atoms with Gasteiger partial charge in [-0.05, 0) is 38.5 Å². The summed E-state index contributed by atoms with van der Waals surface area (Å²) in [5, 5.41) is 0.640. The number of carbonyl (C=O) groups excluding carboxylic acids is 2. The number of benzene rings is 1. The van der Waals surface area contributed by atoms with E-state index in [4.69, 9.17) is 21.1 Å². The monoisotopic (exact) mass is 353 g/mol. The van der Waals surface area contributed by atoms with Crippen LogP contribution in [0.4, 0.5) is 4.79 Å². The van der Waals surface area contributed by atoms with E-state index in [0.717, 1.165) is 5.56 Å². The zero-order valence-electron chi connectivity index (χ0n) is 14.4. The molecule has 5 nitrogen and oxygen atoms in total. The summed E-state index contributed by atoms with van der Waals surface area (Å²) in [5.41, 5.74) is 0.370. The van der Waals surface area contributed by atoms with E-state index in [-0.39, 0.29) is 24.6 Å². The predicted octanol–water partition coefficient (Wildman–Crippen LogP) is 3.83. The topological polar surface area (TPSA) is 55.8 Å². The second-order valence-corrected chi connectivity index (χ2v) is 7.40. The van der Waals surface area contributed by atoms with Gasteiger partial charge in [0.2, 0.25) is 0 Å². The fourth-order valence-corrected chi connectivity index (χ4v) is 2.61. The molecule has 1 heterocycles. The molecular weight excluding hydrogens is 330 g/mol. The zero-order valence-corrected chi connectivity index (χ0v) is 15.1. The van der Waals surface area contributed by atoms with Crippen LogP contribution in [-0.2, 0) is 20.7 Å². The van der Waals surface area contributed by atoms with Crippen LogP contribution < -0.4 is 0 Å². The zero-order chi connectivity index (χ0) is 17.7. The minimum atomic E-state index is -0.501. The van der Waals surface area contributed by atoms with Gasteiger partial charge in [0.05, 0.1) is 6.42 Å². The van der Waals surface area contributed by atoms with E-state index in [1.165, 1.54) is 0 Å². The fourth-order valence-electron chi connectivity index (χ4n) is 2.48. The maximum Gasteiger partial charge on any atom is 0.410 e. The van der Waals surface area contributed by atoms with Crippen LogP contribution in [0.15, 0.2) is 24.3 Å². The molecule has 1 fully saturated rings. The Balaban J connectivity index is 1.75. The average Bonchev–Trinajstić information content (AvgIpc) is 2.48. The van der Waals surface area contributed by atoms with Crippen molar-refractivity contribution in [2.45, 2.75) is 51.7 Å². The molecule has 132 valence electrons. The van der Waals surface area contributed by atoms with Crippen molar-refractivity contribution in [3.8, 4) is 0 Å². The van der Waals surface area contributed by atoms with Crippen LogP contribution in [0, 0.1) is 0 Å². The highest BCUT2D eigenvalue weighted by Crippen LogP contribution is 2.18. The van der Waals surface area contributed by atoms with Crippen LogP contribution in [0.25, 0.3) is 0 Å². The Kier molecular flexibility index (Phi) is 6.10. The van der Waals surface area contributed by atoms with E-state index in [1.807, 2.05) is 32.9 Å². The summed E-state index contributed by atoms with van der Waals surface area (Å²) >= 11 is 5.82. The maximum absolute atomic E-state index is 12.0. The number of nitrogens with zero attached hydrogens (tertiary/aromatic N) is 1. The number of halogens is 1. The molecule has 0 atom stereocenters. The summed E-state index contributed by atoms with van der Waals surface area (Å²) in [6.07, 6.45) is 1.03. The van der Waals surface area contributed by atoms with Crippen LogP contribution in [-0.4, -0.2) is 41.8 Å². The van der Waals surface area contributed by atoms with Crippen molar-refractivity contribution < 1.29 is 19.1 Å². The summed E-state index contributed by atoms with van der Waals surface area (Å²) in [5.74, 6) is -0.256.